The van der Waals surface area contributed by atoms with Crippen LogP contribution in [0.5, 0.6) is 5.75 Å². The second-order valence-corrected chi connectivity index (χ2v) is 6.27. The molecule has 2 N–H and O–H groups in total. The molecule has 0 bridgehead atoms. The van der Waals surface area contributed by atoms with Crippen LogP contribution in [0.2, 0.25) is 0 Å². The summed E-state index contributed by atoms with van der Waals surface area (Å²) in [6.45, 7) is 1.28. The van der Waals surface area contributed by atoms with E-state index in [1.807, 2.05) is 0 Å². The van der Waals surface area contributed by atoms with Crippen LogP contribution in [0.15, 0.2) is 18.2 Å². The molecule has 4 nitrogen and oxygen atoms in total. The molecule has 1 aliphatic rings. The van der Waals surface area contributed by atoms with Gasteiger partial charge < -0.3 is 19.9 Å². The van der Waals surface area contributed by atoms with E-state index in [1.54, 1.807) is 0 Å². The number of halogens is 4. The molecule has 8 heteroatoms. The van der Waals surface area contributed by atoms with Gasteiger partial charge in [-0.15, -0.1) is 0 Å². The average molecular weight is 365 g/mol. The summed E-state index contributed by atoms with van der Waals surface area (Å²) in [6.07, 6.45) is -6.37. The van der Waals surface area contributed by atoms with E-state index in [0.29, 0.717) is 31.0 Å². The summed E-state index contributed by atoms with van der Waals surface area (Å²) in [5.41, 5.74) is -1.16. The lowest BCUT2D eigenvalue weighted by Gasteiger charge is -2.39. The van der Waals surface area contributed by atoms with Crippen LogP contribution in [0.3, 0.4) is 0 Å². The zero-order chi connectivity index (χ0) is 18.5. The number of methoxy groups -OCH3 is 1. The summed E-state index contributed by atoms with van der Waals surface area (Å²) in [5.74, 6) is -0.129. The van der Waals surface area contributed by atoms with Gasteiger partial charge in [-0.2, -0.15) is 13.2 Å². The normalized spacial score (nSPS) is 21.0. The van der Waals surface area contributed by atoms with Gasteiger partial charge in [0.2, 0.25) is 0 Å². The van der Waals surface area contributed by atoms with Crippen LogP contribution < -0.4 is 10.1 Å². The summed E-state index contributed by atoms with van der Waals surface area (Å²) in [6, 6.07) is 3.88. The van der Waals surface area contributed by atoms with Gasteiger partial charge in [0.25, 0.3) is 0 Å². The molecule has 25 heavy (non-hydrogen) atoms. The van der Waals surface area contributed by atoms with E-state index in [-0.39, 0.29) is 19.3 Å². The van der Waals surface area contributed by atoms with Crippen LogP contribution in [-0.4, -0.2) is 49.8 Å². The van der Waals surface area contributed by atoms with Crippen LogP contribution >= 0.6 is 0 Å². The maximum absolute atomic E-state index is 13.6. The molecule has 1 aromatic carbocycles. The molecule has 0 aromatic heterocycles. The summed E-state index contributed by atoms with van der Waals surface area (Å²) < 4.78 is 61.8. The lowest BCUT2D eigenvalue weighted by Crippen LogP contribution is -2.54. The van der Waals surface area contributed by atoms with Crippen molar-refractivity contribution in [2.45, 2.75) is 43.6 Å². The number of ether oxygens (including phenoxy) is 2. The largest absolute Gasteiger partial charge is 0.496 e. The number of aliphatic hydroxyl groups is 1. The highest BCUT2D eigenvalue weighted by Gasteiger charge is 2.40. The smallest absolute Gasteiger partial charge is 0.389 e. The zero-order valence-corrected chi connectivity index (χ0v) is 14.0. The van der Waals surface area contributed by atoms with E-state index in [9.17, 15) is 22.7 Å². The monoisotopic (exact) mass is 365 g/mol. The Morgan fingerprint density at radius 2 is 2.08 bits per heavy atom. The van der Waals surface area contributed by atoms with Gasteiger partial charge in [0.05, 0.1) is 25.4 Å². The van der Waals surface area contributed by atoms with Crippen LogP contribution in [0.4, 0.5) is 17.6 Å². The molecule has 2 atom stereocenters. The summed E-state index contributed by atoms with van der Waals surface area (Å²) in [4.78, 5) is 0. The Hall–Kier alpha value is -1.38. The lowest BCUT2D eigenvalue weighted by molar-refractivity contribution is -0.148. The van der Waals surface area contributed by atoms with Gasteiger partial charge >= 0.3 is 6.18 Å². The molecule has 1 aromatic rings. The number of hydrogen-bond acceptors (Lipinski definition) is 4. The molecule has 0 radical (unpaired) electrons. The quantitative estimate of drug-likeness (QED) is 0.730. The third kappa shape index (κ3) is 5.83. The van der Waals surface area contributed by atoms with Gasteiger partial charge in [-0.05, 0) is 36.6 Å². The number of morpholine rings is 1. The molecule has 2 rings (SSSR count). The Balaban J connectivity index is 2.20. The maximum Gasteiger partial charge on any atom is 0.389 e. The third-order valence-corrected chi connectivity index (χ3v) is 4.34. The summed E-state index contributed by atoms with van der Waals surface area (Å²) in [7, 11) is 1.41. The first kappa shape index (κ1) is 19.9. The van der Waals surface area contributed by atoms with Gasteiger partial charge in [-0.3, -0.25) is 0 Å². The SMILES string of the molecule is COc1ccc(F)cc1CC(O)(CCCC(F)(F)F)C1CNCCO1. The molecule has 0 saturated carbocycles. The predicted molar refractivity (Wildman–Crippen MR) is 84.1 cm³/mol. The molecular formula is C17H23F4NO3. The van der Waals surface area contributed by atoms with Gasteiger partial charge in [-0.25, -0.2) is 4.39 Å². The van der Waals surface area contributed by atoms with E-state index in [1.165, 1.54) is 25.3 Å². The minimum atomic E-state index is -4.29. The highest BCUT2D eigenvalue weighted by molar-refractivity contribution is 5.35. The summed E-state index contributed by atoms with van der Waals surface area (Å²) in [5, 5.41) is 14.1. The van der Waals surface area contributed by atoms with E-state index in [4.69, 9.17) is 9.47 Å². The Labute approximate surface area is 144 Å². The van der Waals surface area contributed by atoms with Crippen molar-refractivity contribution in [3.63, 3.8) is 0 Å². The minimum Gasteiger partial charge on any atom is -0.496 e. The molecule has 1 heterocycles. The van der Waals surface area contributed by atoms with E-state index in [2.05, 4.69) is 5.32 Å². The fourth-order valence-corrected chi connectivity index (χ4v) is 3.08. The minimum absolute atomic E-state index is 0.0574. The molecule has 0 aliphatic carbocycles. The van der Waals surface area contributed by atoms with Crippen LogP contribution in [-0.2, 0) is 11.2 Å². The van der Waals surface area contributed by atoms with Crippen molar-refractivity contribution in [2.75, 3.05) is 26.8 Å². The maximum atomic E-state index is 13.6. The first-order valence-corrected chi connectivity index (χ1v) is 8.17. The molecule has 2 unspecified atom stereocenters. The number of alkyl halides is 3. The standard InChI is InChI=1S/C17H23F4NO3/c1-24-14-4-3-13(18)9-12(14)10-16(23,5-2-6-17(19,20)21)15-11-22-7-8-25-15/h3-4,9,15,22-23H,2,5-8,10-11H2,1H3. The van der Waals surface area contributed by atoms with Crippen molar-refractivity contribution < 1.29 is 32.1 Å². The van der Waals surface area contributed by atoms with Crippen molar-refractivity contribution >= 4 is 0 Å². The van der Waals surface area contributed by atoms with Gasteiger partial charge in [-0.1, -0.05) is 0 Å². The molecule has 1 aliphatic heterocycles. The lowest BCUT2D eigenvalue weighted by atomic mass is 9.83. The Morgan fingerprint density at radius 3 is 2.68 bits per heavy atom. The van der Waals surface area contributed by atoms with E-state index in [0.717, 1.165) is 0 Å². The van der Waals surface area contributed by atoms with Gasteiger partial charge in [0, 0.05) is 25.9 Å². The Bertz CT molecular complexity index is 561. The van der Waals surface area contributed by atoms with Crippen molar-refractivity contribution in [2.24, 2.45) is 0 Å². The first-order chi connectivity index (χ1) is 11.7. The summed E-state index contributed by atoms with van der Waals surface area (Å²) >= 11 is 0. The van der Waals surface area contributed by atoms with E-state index >= 15 is 0 Å². The van der Waals surface area contributed by atoms with Crippen LogP contribution in [0.25, 0.3) is 0 Å². The number of benzene rings is 1. The second kappa shape index (κ2) is 8.33. The fourth-order valence-electron chi connectivity index (χ4n) is 3.08. The molecule has 142 valence electrons. The van der Waals surface area contributed by atoms with Crippen molar-refractivity contribution in [1.29, 1.82) is 0 Å². The zero-order valence-electron chi connectivity index (χ0n) is 14.0. The van der Waals surface area contributed by atoms with Crippen molar-refractivity contribution in [3.8, 4) is 5.75 Å². The molecular weight excluding hydrogens is 342 g/mol. The third-order valence-electron chi connectivity index (χ3n) is 4.34. The highest BCUT2D eigenvalue weighted by Crippen LogP contribution is 2.33. The van der Waals surface area contributed by atoms with Gasteiger partial charge in [0.1, 0.15) is 11.6 Å². The molecule has 0 spiro atoms. The van der Waals surface area contributed by atoms with Crippen molar-refractivity contribution in [3.05, 3.63) is 29.6 Å². The Kier molecular flexibility index (Phi) is 6.65. The topological polar surface area (TPSA) is 50.7 Å². The average Bonchev–Trinajstić information content (AvgIpc) is 2.54. The number of hydrogen-bond donors (Lipinski definition) is 2. The second-order valence-electron chi connectivity index (χ2n) is 6.27. The van der Waals surface area contributed by atoms with Gasteiger partial charge in [0.15, 0.2) is 0 Å². The highest BCUT2D eigenvalue weighted by atomic mass is 19.4. The van der Waals surface area contributed by atoms with Crippen LogP contribution in [0, 0.1) is 5.82 Å². The van der Waals surface area contributed by atoms with E-state index < -0.39 is 30.1 Å². The number of rotatable bonds is 7. The number of nitrogens with one attached hydrogen (secondary N) is 1. The molecule has 1 fully saturated rings. The predicted octanol–water partition coefficient (Wildman–Crippen LogP) is 2.83. The first-order valence-electron chi connectivity index (χ1n) is 8.17. The Morgan fingerprint density at radius 1 is 1.32 bits per heavy atom. The van der Waals surface area contributed by atoms with Crippen molar-refractivity contribution in [1.82, 2.24) is 5.32 Å². The fraction of sp³-hybridized carbons (Fsp3) is 0.647. The molecule has 1 saturated heterocycles. The molecule has 0 amide bonds. The van der Waals surface area contributed by atoms with Crippen LogP contribution in [0.1, 0.15) is 24.8 Å².